The Labute approximate surface area is 234 Å². The average Bonchev–Trinajstić information content (AvgIpc) is 2.97. The van der Waals surface area contributed by atoms with Crippen molar-refractivity contribution in [3.63, 3.8) is 0 Å². The Morgan fingerprint density at radius 3 is 2.38 bits per heavy atom. The lowest BCUT2D eigenvalue weighted by molar-refractivity contribution is 0.192. The number of para-hydroxylation sites is 2. The summed E-state index contributed by atoms with van der Waals surface area (Å²) in [6.45, 7) is 5.49. The number of ether oxygens (including phenoxy) is 3. The van der Waals surface area contributed by atoms with Gasteiger partial charge in [0.05, 0.1) is 22.7 Å². The lowest BCUT2D eigenvalue weighted by Gasteiger charge is -2.20. The monoisotopic (exact) mass is 556 g/mol. The number of rotatable bonds is 11. The Balaban J connectivity index is 1.91. The lowest BCUT2D eigenvalue weighted by Crippen LogP contribution is -2.17. The van der Waals surface area contributed by atoms with Crippen LogP contribution in [0.2, 0.25) is 1.41 Å². The Morgan fingerprint density at radius 1 is 1.00 bits per heavy atom. The molecule has 0 amide bonds. The first-order valence-corrected chi connectivity index (χ1v) is 13.2. The second kappa shape index (κ2) is 11.6. The number of anilines is 1. The van der Waals surface area contributed by atoms with Gasteiger partial charge >= 0.3 is 0 Å². The molecule has 0 saturated heterocycles. The van der Waals surface area contributed by atoms with Crippen molar-refractivity contribution in [2.45, 2.75) is 31.1 Å². The molecule has 39 heavy (non-hydrogen) atoms. The van der Waals surface area contributed by atoms with E-state index in [9.17, 15) is 8.42 Å². The van der Waals surface area contributed by atoms with E-state index in [2.05, 4.69) is 25.0 Å². The van der Waals surface area contributed by atoms with Crippen molar-refractivity contribution in [2.24, 2.45) is 0 Å². The number of aliphatic hydroxyl groups excluding tert-OH is 1. The molecular weight excluding hydrogens is 522 g/mol. The number of hydrogen-bond acceptors (Lipinski definition) is 10. The highest BCUT2D eigenvalue weighted by atomic mass is 32.2. The summed E-state index contributed by atoms with van der Waals surface area (Å²) in [5.74, 6) is -2.06. The van der Waals surface area contributed by atoms with Gasteiger partial charge in [-0.3, -0.25) is 4.72 Å². The molecule has 204 valence electrons. The van der Waals surface area contributed by atoms with E-state index in [-0.39, 0.29) is 57.3 Å². The topological polar surface area (TPSA) is 146 Å². The molecule has 0 atom stereocenters. The van der Waals surface area contributed by atoms with Gasteiger partial charge in [0, 0.05) is 12.4 Å². The van der Waals surface area contributed by atoms with Gasteiger partial charge in [0.25, 0.3) is 15.9 Å². The molecule has 0 aliphatic heterocycles. The highest BCUT2D eigenvalue weighted by molar-refractivity contribution is 7.92. The van der Waals surface area contributed by atoms with E-state index in [1.165, 1.54) is 48.8 Å². The number of methoxy groups -OCH3 is 1. The van der Waals surface area contributed by atoms with E-state index in [1.54, 1.807) is 18.2 Å². The van der Waals surface area contributed by atoms with E-state index in [0.717, 1.165) is 5.56 Å². The number of aliphatic hydroxyl groups is 1. The molecule has 0 saturated carbocycles. The van der Waals surface area contributed by atoms with E-state index in [4.69, 9.17) is 21.2 Å². The minimum atomic E-state index is -4.59. The van der Waals surface area contributed by atoms with Gasteiger partial charge in [0.1, 0.15) is 6.61 Å². The van der Waals surface area contributed by atoms with Gasteiger partial charge in [0.15, 0.2) is 24.6 Å². The molecule has 12 heteroatoms. The van der Waals surface area contributed by atoms with Crippen molar-refractivity contribution < 1.29 is 33.3 Å². The van der Waals surface area contributed by atoms with Crippen molar-refractivity contribution >= 4 is 15.8 Å². The first kappa shape index (κ1) is 21.6. The van der Waals surface area contributed by atoms with Crippen LogP contribution in [0.25, 0.3) is 11.6 Å². The molecule has 2 aromatic heterocycles. The van der Waals surface area contributed by atoms with Crippen LogP contribution in [0.4, 0.5) is 5.82 Å². The highest BCUT2D eigenvalue weighted by Crippen LogP contribution is 2.41. The Hall–Kier alpha value is -4.29. The molecule has 0 bridgehead atoms. The summed E-state index contributed by atoms with van der Waals surface area (Å²) in [6, 6.07) is 13.3. The summed E-state index contributed by atoms with van der Waals surface area (Å²) in [5.41, 5.74) is 0.626. The van der Waals surface area contributed by atoms with Gasteiger partial charge in [-0.05, 0) is 41.3 Å². The maximum absolute atomic E-state index is 13.8. The molecular formula is C27H29N5O6S. The second-order valence-electron chi connectivity index (χ2n) is 9.12. The first-order valence-electron chi connectivity index (χ1n) is 14.1. The van der Waals surface area contributed by atoms with Crippen molar-refractivity contribution in [3.05, 3.63) is 72.6 Å². The van der Waals surface area contributed by atoms with E-state index >= 15 is 0 Å². The summed E-state index contributed by atoms with van der Waals surface area (Å²) < 4.78 is 82.7. The summed E-state index contributed by atoms with van der Waals surface area (Å²) in [6.07, 6.45) is 2.83. The van der Waals surface area contributed by atoms with E-state index in [1.807, 2.05) is 20.8 Å². The van der Waals surface area contributed by atoms with Crippen molar-refractivity contribution in [1.82, 2.24) is 19.9 Å². The van der Waals surface area contributed by atoms with Crippen LogP contribution in [0.15, 0.2) is 71.9 Å². The van der Waals surface area contributed by atoms with Crippen molar-refractivity contribution in [2.75, 3.05) is 25.0 Å². The van der Waals surface area contributed by atoms with Crippen LogP contribution in [-0.4, -0.2) is 55.1 Å². The zero-order valence-corrected chi connectivity index (χ0v) is 22.2. The van der Waals surface area contributed by atoms with Crippen LogP contribution in [0.1, 0.15) is 30.4 Å². The van der Waals surface area contributed by atoms with Crippen LogP contribution >= 0.6 is 0 Å². The number of aromatic nitrogens is 4. The maximum atomic E-state index is 13.8. The van der Waals surface area contributed by atoms with Gasteiger partial charge in [0.2, 0.25) is 13.0 Å². The van der Waals surface area contributed by atoms with Crippen LogP contribution in [0, 0.1) is 0 Å². The minimum Gasteiger partial charge on any atom is -0.493 e. The SMILES string of the molecule is [2H]OCCOc1nc(-c2ncccn2)nc(N([2H])S(=O)(=O)c2ccc(C(C)(C)C)cc2)c1Oc1ccccc1OC([2H])([2H])[2H]. The fraction of sp³-hybridized carbons (Fsp3) is 0.259. The van der Waals surface area contributed by atoms with Gasteiger partial charge in [-0.1, -0.05) is 45.0 Å². The number of nitrogens with one attached hydrogen (secondary N) is 1. The molecule has 0 spiro atoms. The summed E-state index contributed by atoms with van der Waals surface area (Å²) >= 11 is 0. The second-order valence-corrected chi connectivity index (χ2v) is 10.7. The van der Waals surface area contributed by atoms with E-state index in [0.29, 0.717) is 0 Å². The van der Waals surface area contributed by atoms with Crippen LogP contribution < -0.4 is 18.9 Å². The molecule has 4 rings (SSSR count). The first-order chi connectivity index (χ1) is 20.7. The number of benzene rings is 2. The highest BCUT2D eigenvalue weighted by Gasteiger charge is 2.26. The van der Waals surface area contributed by atoms with E-state index < -0.39 is 28.6 Å². The summed E-state index contributed by atoms with van der Waals surface area (Å²) in [7, 11) is -7.44. The largest absolute Gasteiger partial charge is 0.493 e. The van der Waals surface area contributed by atoms with Crippen molar-refractivity contribution in [1.29, 1.82) is 1.43 Å². The minimum absolute atomic E-state index is 0.0200. The van der Waals surface area contributed by atoms with Crippen LogP contribution in [0.5, 0.6) is 23.1 Å². The normalized spacial score (nSPS) is 13.8. The maximum Gasteiger partial charge on any atom is 0.263 e. The number of hydrogen-bond donors (Lipinski definition) is 2. The Kier molecular flexibility index (Phi) is 6.44. The molecule has 4 aromatic rings. The van der Waals surface area contributed by atoms with Gasteiger partial charge in [-0.25, -0.2) is 23.4 Å². The fourth-order valence-corrected chi connectivity index (χ4v) is 4.28. The molecule has 2 N–H and O–H groups in total. The fourth-order valence-electron chi connectivity index (χ4n) is 3.34. The van der Waals surface area contributed by atoms with Gasteiger partial charge < -0.3 is 19.3 Å². The summed E-state index contributed by atoms with van der Waals surface area (Å²) in [5, 5.41) is 4.32. The average molecular weight is 557 g/mol. The third-order valence-corrected chi connectivity index (χ3v) is 6.58. The zero-order chi connectivity index (χ0) is 32.1. The molecule has 11 nitrogen and oxygen atoms in total. The lowest BCUT2D eigenvalue weighted by atomic mass is 9.87. The smallest absolute Gasteiger partial charge is 0.263 e. The quantitative estimate of drug-likeness (QED) is 0.258. The third-order valence-electron chi connectivity index (χ3n) is 5.30. The van der Waals surface area contributed by atoms with Gasteiger partial charge in [-0.2, -0.15) is 4.98 Å². The van der Waals surface area contributed by atoms with Crippen molar-refractivity contribution in [3.8, 4) is 34.8 Å². The van der Waals surface area contributed by atoms with Crippen LogP contribution in [0.3, 0.4) is 0 Å². The molecule has 0 aliphatic rings. The third kappa shape index (κ3) is 6.59. The molecule has 2 heterocycles. The molecule has 0 radical (unpaired) electrons. The van der Waals surface area contributed by atoms with Crippen LogP contribution in [-0.2, 0) is 15.4 Å². The van der Waals surface area contributed by atoms with Gasteiger partial charge in [-0.15, -0.1) is 0 Å². The Bertz CT molecular complexity index is 1690. The number of nitrogens with zero attached hydrogens (tertiary/aromatic N) is 4. The molecule has 2 aromatic carbocycles. The zero-order valence-electron chi connectivity index (χ0n) is 26.4. The molecule has 0 fully saturated rings. The Morgan fingerprint density at radius 2 is 1.72 bits per heavy atom. The molecule has 0 aliphatic carbocycles. The predicted octanol–water partition coefficient (Wildman–Crippen LogP) is 4.20. The standard InChI is InChI=1S/C27H29N5O6S/c1-27(2,3)18-10-12-19(13-11-18)39(34,35)32-23-22(38-21-9-6-5-8-20(21)36-4)26(37-17-16-33)31-25(30-23)24-28-14-7-15-29-24/h5-15,33H,16-17H2,1-4H3,(H,30,31,32)/i4D3,33D/hD. The summed E-state index contributed by atoms with van der Waals surface area (Å²) in [4.78, 5) is 16.6. The molecule has 0 unspecified atom stereocenters. The predicted molar refractivity (Wildman–Crippen MR) is 145 cm³/mol. The number of sulfonamides is 1.